The van der Waals surface area contributed by atoms with Gasteiger partial charge in [0.25, 0.3) is 5.91 Å². The zero-order valence-corrected chi connectivity index (χ0v) is 35.0. The summed E-state index contributed by atoms with van der Waals surface area (Å²) < 4.78 is 27.3. The van der Waals surface area contributed by atoms with Crippen LogP contribution in [0, 0.1) is 18.3 Å². The van der Waals surface area contributed by atoms with Gasteiger partial charge in [0.05, 0.1) is 22.8 Å². The molecule has 5 amide bonds. The third-order valence-corrected chi connectivity index (χ3v) is 10.2. The van der Waals surface area contributed by atoms with Crippen LogP contribution in [0.1, 0.15) is 71.9 Å². The second kappa shape index (κ2) is 20.6. The van der Waals surface area contributed by atoms with E-state index in [2.05, 4.69) is 32.0 Å². The third kappa shape index (κ3) is 12.0. The number of amides is 5. The average Bonchev–Trinajstić information content (AvgIpc) is 3.22. The summed E-state index contributed by atoms with van der Waals surface area (Å²) in [6, 6.07) is 17.1. The van der Waals surface area contributed by atoms with Crippen LogP contribution in [0.2, 0.25) is 5.02 Å². The summed E-state index contributed by atoms with van der Waals surface area (Å²) >= 11 is 8.09. The molecule has 3 N–H and O–H groups in total. The van der Waals surface area contributed by atoms with Crippen molar-refractivity contribution < 1.29 is 37.8 Å². The number of carbonyl (C=O) groups is 5. The van der Waals surface area contributed by atoms with Gasteiger partial charge in [-0.1, -0.05) is 49.3 Å². The number of urea groups is 1. The lowest BCUT2D eigenvalue weighted by Crippen LogP contribution is -2.48. The lowest BCUT2D eigenvalue weighted by atomic mass is 9.77. The highest BCUT2D eigenvalue weighted by Crippen LogP contribution is 2.39. The zero-order valence-electron chi connectivity index (χ0n) is 33.4. The van der Waals surface area contributed by atoms with Gasteiger partial charge < -0.3 is 30.2 Å². The van der Waals surface area contributed by atoms with E-state index in [9.17, 15) is 29.2 Å². The van der Waals surface area contributed by atoms with Gasteiger partial charge in [-0.05, 0) is 91.7 Å². The number of ether oxygens (including phenoxy) is 2. The van der Waals surface area contributed by atoms with Crippen LogP contribution in [-0.4, -0.2) is 83.6 Å². The fourth-order valence-electron chi connectivity index (χ4n) is 5.92. The number of anilines is 1. The molecular weight excluding hydrogens is 801 g/mol. The number of benzene rings is 3. The number of halogens is 2. The number of imide groups is 1. The highest BCUT2D eigenvalue weighted by Gasteiger charge is 2.31. The van der Waals surface area contributed by atoms with Crippen LogP contribution in [0.25, 0.3) is 0 Å². The molecule has 0 aliphatic carbocycles. The predicted molar refractivity (Wildman–Crippen MR) is 221 cm³/mol. The Bertz CT molecular complexity index is 2220. The van der Waals surface area contributed by atoms with Crippen molar-refractivity contribution in [3.8, 4) is 17.6 Å². The van der Waals surface area contributed by atoms with Gasteiger partial charge in [-0.3, -0.25) is 19.3 Å². The van der Waals surface area contributed by atoms with Gasteiger partial charge >= 0.3 is 6.03 Å². The van der Waals surface area contributed by atoms with Gasteiger partial charge in [-0.15, -0.1) is 0 Å². The van der Waals surface area contributed by atoms with Crippen molar-refractivity contribution in [1.82, 2.24) is 25.5 Å². The Hall–Kier alpha value is -6.05. The van der Waals surface area contributed by atoms with Crippen LogP contribution in [0.15, 0.2) is 72.0 Å². The molecule has 3 aromatic carbocycles. The first kappa shape index (κ1) is 45.6. The van der Waals surface area contributed by atoms with Gasteiger partial charge in [0.2, 0.25) is 12.3 Å². The van der Waals surface area contributed by atoms with Crippen LogP contribution in [0.3, 0.4) is 0 Å². The second-order valence-corrected chi connectivity index (χ2v) is 15.3. The molecule has 0 bridgehead atoms. The monoisotopic (exact) mass is 845 g/mol. The van der Waals surface area contributed by atoms with E-state index in [-0.39, 0.29) is 53.4 Å². The van der Waals surface area contributed by atoms with E-state index in [1.165, 1.54) is 43.9 Å². The molecule has 310 valence electrons. The molecule has 0 aliphatic rings. The molecule has 4 aromatic rings. The Morgan fingerprint density at radius 1 is 1.05 bits per heavy atom. The first-order valence-corrected chi connectivity index (χ1v) is 19.9. The largest absolute Gasteiger partial charge is 0.487 e. The molecule has 0 fully saturated rings. The lowest BCUT2D eigenvalue weighted by Gasteiger charge is -2.28. The van der Waals surface area contributed by atoms with Gasteiger partial charge in [-0.2, -0.15) is 5.26 Å². The number of thioether (sulfide) groups is 1. The third-order valence-electron chi connectivity index (χ3n) is 9.36. The van der Waals surface area contributed by atoms with Crippen LogP contribution in [-0.2, 0) is 26.4 Å². The van der Waals surface area contributed by atoms with Gasteiger partial charge in [0, 0.05) is 36.3 Å². The molecule has 4 rings (SSSR count). The summed E-state index contributed by atoms with van der Waals surface area (Å²) in [4.78, 5) is 70.4. The Balaban J connectivity index is 1.35. The number of likely N-dealkylation sites (N-methyl/N-ethyl adjacent to an activating group) is 1. The van der Waals surface area contributed by atoms with Crippen molar-refractivity contribution in [3.63, 3.8) is 0 Å². The summed E-state index contributed by atoms with van der Waals surface area (Å²) in [5.41, 5.74) is 0.528. The standard InChI is InChI=1S/C42H45ClFN7O7S/c1-26-18-30(11-14-33(26)38(55)51(25-53)35(8-7-17-52)37(54)46-5)49-39(56)48-23-42(4,44)24-58-36-27(21-45)19-29(20-34(36)43)41(2,3)28-9-12-32(13-10-28)57-22-31-15-16-47-40(50-31)59-6/h9-20,25,35H,7-8,22-24H2,1-6H3,(H,46,54)(H2,48,49,56). The van der Waals surface area contributed by atoms with Crippen LogP contribution < -0.4 is 25.4 Å². The fourth-order valence-corrected chi connectivity index (χ4v) is 6.57. The zero-order chi connectivity index (χ0) is 43.3. The van der Waals surface area contributed by atoms with E-state index in [0.29, 0.717) is 22.8 Å². The van der Waals surface area contributed by atoms with Gasteiger partial charge in [0.1, 0.15) is 37.4 Å². The summed E-state index contributed by atoms with van der Waals surface area (Å²) in [6.45, 7) is 6.01. The Morgan fingerprint density at radius 3 is 2.41 bits per heavy atom. The molecule has 1 heterocycles. The van der Waals surface area contributed by atoms with Crippen LogP contribution >= 0.6 is 23.4 Å². The average molecular weight is 846 g/mol. The number of alkyl halides is 1. The summed E-state index contributed by atoms with van der Waals surface area (Å²) in [6.07, 6.45) is 4.32. The maximum Gasteiger partial charge on any atom is 0.319 e. The number of aldehydes is 1. The molecule has 2 unspecified atom stereocenters. The predicted octanol–water partition coefficient (Wildman–Crippen LogP) is 6.56. The smallest absolute Gasteiger partial charge is 0.319 e. The normalized spacial score (nSPS) is 12.5. The molecule has 2 atom stereocenters. The quantitative estimate of drug-likeness (QED) is 0.0526. The maximum atomic E-state index is 15.7. The Morgan fingerprint density at radius 2 is 1.78 bits per heavy atom. The van der Waals surface area contributed by atoms with Gasteiger partial charge in [-0.25, -0.2) is 19.2 Å². The maximum absolute atomic E-state index is 15.7. The van der Waals surface area contributed by atoms with E-state index in [1.807, 2.05) is 44.4 Å². The molecule has 0 aliphatic heterocycles. The van der Waals surface area contributed by atoms with E-state index >= 15 is 4.39 Å². The topological polar surface area (TPSA) is 193 Å². The van der Waals surface area contributed by atoms with Crippen molar-refractivity contribution in [3.05, 3.63) is 105 Å². The molecule has 0 saturated heterocycles. The minimum Gasteiger partial charge on any atom is -0.487 e. The molecule has 0 radical (unpaired) electrons. The lowest BCUT2D eigenvalue weighted by molar-refractivity contribution is -0.131. The van der Waals surface area contributed by atoms with E-state index in [0.717, 1.165) is 21.7 Å². The Labute approximate surface area is 351 Å². The first-order valence-electron chi connectivity index (χ1n) is 18.3. The second-order valence-electron chi connectivity index (χ2n) is 14.2. The summed E-state index contributed by atoms with van der Waals surface area (Å²) in [5, 5.41) is 18.2. The molecule has 14 nitrogen and oxygen atoms in total. The van der Waals surface area contributed by atoms with Crippen molar-refractivity contribution in [2.75, 3.05) is 31.8 Å². The van der Waals surface area contributed by atoms with E-state index < -0.39 is 48.1 Å². The molecule has 17 heteroatoms. The number of nitrogens with zero attached hydrogens (tertiary/aromatic N) is 4. The fraction of sp³-hybridized carbons (Fsp3) is 0.333. The highest BCUT2D eigenvalue weighted by molar-refractivity contribution is 7.98. The number of aromatic nitrogens is 2. The molecule has 0 saturated carbocycles. The number of rotatable bonds is 19. The van der Waals surface area contributed by atoms with Crippen LogP contribution in [0.5, 0.6) is 11.5 Å². The molecule has 59 heavy (non-hydrogen) atoms. The number of carbonyl (C=O) groups excluding carboxylic acids is 5. The molecule has 0 spiro atoms. The molecule has 1 aromatic heterocycles. The van der Waals surface area contributed by atoms with Crippen molar-refractivity contribution in [2.24, 2.45) is 0 Å². The van der Waals surface area contributed by atoms with E-state index in [1.54, 1.807) is 31.3 Å². The molecular formula is C42H45ClFN7O7S. The number of hydrogen-bond donors (Lipinski definition) is 3. The SMILES string of the molecule is CNC(=O)C(CCC=O)N(C=O)C(=O)c1ccc(NC(=O)NCC(C)(F)COc2c(Cl)cc(C(C)(C)c3ccc(OCc4ccnc(SC)n4)cc3)cc2C#N)cc1C. The minimum atomic E-state index is -2.10. The summed E-state index contributed by atoms with van der Waals surface area (Å²) in [7, 11) is 1.35. The summed E-state index contributed by atoms with van der Waals surface area (Å²) in [5.74, 6) is -0.721. The number of nitrogens with one attached hydrogen (secondary N) is 3. The number of aryl methyl sites for hydroxylation is 1. The Kier molecular flexibility index (Phi) is 15.9. The van der Waals surface area contributed by atoms with Crippen LogP contribution in [0.4, 0.5) is 14.9 Å². The van der Waals surface area contributed by atoms with Crippen molar-refractivity contribution >= 4 is 59.6 Å². The number of hydrogen-bond acceptors (Lipinski definition) is 11. The first-order chi connectivity index (χ1) is 28.1. The number of nitriles is 1. The van der Waals surface area contributed by atoms with Crippen molar-refractivity contribution in [2.45, 2.75) is 69.4 Å². The van der Waals surface area contributed by atoms with Crippen molar-refractivity contribution in [1.29, 1.82) is 5.26 Å². The van der Waals surface area contributed by atoms with Gasteiger partial charge in [0.15, 0.2) is 16.6 Å². The minimum absolute atomic E-state index is 0.00350. The van der Waals surface area contributed by atoms with E-state index in [4.69, 9.17) is 21.1 Å². The highest BCUT2D eigenvalue weighted by atomic mass is 35.5.